The Morgan fingerprint density at radius 3 is 2.42 bits per heavy atom. The molecule has 3 heteroatoms. The fourth-order valence-electron chi connectivity index (χ4n) is 1.94. The van der Waals surface area contributed by atoms with Crippen molar-refractivity contribution in [1.29, 1.82) is 0 Å². The van der Waals surface area contributed by atoms with Crippen LogP contribution in [-0.4, -0.2) is 5.91 Å². The number of carbonyl (C=O) groups is 1. The SMILES string of the molecule is Cc1ccc(C)c(C(=O)Nc2ccc(Br)cc2C)c1. The van der Waals surface area contributed by atoms with Crippen molar-refractivity contribution < 1.29 is 4.79 Å². The van der Waals surface area contributed by atoms with E-state index in [4.69, 9.17) is 0 Å². The summed E-state index contributed by atoms with van der Waals surface area (Å²) < 4.78 is 1.01. The number of amides is 1. The van der Waals surface area contributed by atoms with E-state index in [1.807, 2.05) is 57.2 Å². The molecule has 1 N–H and O–H groups in total. The van der Waals surface area contributed by atoms with Gasteiger partial charge in [0.15, 0.2) is 0 Å². The summed E-state index contributed by atoms with van der Waals surface area (Å²) in [6, 6.07) is 11.7. The first-order valence-electron chi connectivity index (χ1n) is 6.12. The Balaban J connectivity index is 2.28. The molecule has 0 heterocycles. The first kappa shape index (κ1) is 13.8. The molecule has 0 fully saturated rings. The van der Waals surface area contributed by atoms with Gasteiger partial charge in [0.25, 0.3) is 5.91 Å². The van der Waals surface area contributed by atoms with Crippen molar-refractivity contribution in [2.75, 3.05) is 5.32 Å². The molecule has 0 bridgehead atoms. The number of anilines is 1. The third kappa shape index (κ3) is 3.24. The lowest BCUT2D eigenvalue weighted by molar-refractivity contribution is 0.102. The van der Waals surface area contributed by atoms with Gasteiger partial charge in [-0.3, -0.25) is 4.79 Å². The zero-order valence-corrected chi connectivity index (χ0v) is 12.8. The molecule has 19 heavy (non-hydrogen) atoms. The van der Waals surface area contributed by atoms with Gasteiger partial charge in [0.2, 0.25) is 0 Å². The van der Waals surface area contributed by atoms with E-state index in [2.05, 4.69) is 21.2 Å². The fourth-order valence-corrected chi connectivity index (χ4v) is 2.41. The topological polar surface area (TPSA) is 29.1 Å². The van der Waals surface area contributed by atoms with Crippen molar-refractivity contribution in [3.8, 4) is 0 Å². The number of benzene rings is 2. The van der Waals surface area contributed by atoms with Crippen molar-refractivity contribution in [1.82, 2.24) is 0 Å². The van der Waals surface area contributed by atoms with Crippen LogP contribution >= 0.6 is 15.9 Å². The highest BCUT2D eigenvalue weighted by molar-refractivity contribution is 9.10. The molecular weight excluding hydrogens is 302 g/mol. The van der Waals surface area contributed by atoms with Crippen LogP contribution in [-0.2, 0) is 0 Å². The lowest BCUT2D eigenvalue weighted by Gasteiger charge is -2.11. The molecular formula is C16H16BrNO. The van der Waals surface area contributed by atoms with Gasteiger partial charge >= 0.3 is 0 Å². The second-order valence-electron chi connectivity index (χ2n) is 4.73. The van der Waals surface area contributed by atoms with Crippen LogP contribution in [0.1, 0.15) is 27.0 Å². The van der Waals surface area contributed by atoms with Gasteiger partial charge in [0.05, 0.1) is 0 Å². The minimum absolute atomic E-state index is 0.0633. The molecule has 0 aromatic heterocycles. The zero-order valence-electron chi connectivity index (χ0n) is 11.3. The first-order valence-corrected chi connectivity index (χ1v) is 6.91. The van der Waals surface area contributed by atoms with Gasteiger partial charge in [0.1, 0.15) is 0 Å². The van der Waals surface area contributed by atoms with E-state index in [0.717, 1.165) is 32.4 Å². The van der Waals surface area contributed by atoms with E-state index < -0.39 is 0 Å². The molecule has 0 aliphatic rings. The van der Waals surface area contributed by atoms with E-state index in [0.29, 0.717) is 0 Å². The Morgan fingerprint density at radius 1 is 1.00 bits per heavy atom. The van der Waals surface area contributed by atoms with Crippen LogP contribution in [0.3, 0.4) is 0 Å². The minimum Gasteiger partial charge on any atom is -0.322 e. The van der Waals surface area contributed by atoms with E-state index in [9.17, 15) is 4.79 Å². The second kappa shape index (κ2) is 5.57. The van der Waals surface area contributed by atoms with E-state index in [-0.39, 0.29) is 5.91 Å². The molecule has 0 spiro atoms. The Kier molecular flexibility index (Phi) is 4.05. The molecule has 0 unspecified atom stereocenters. The summed E-state index contributed by atoms with van der Waals surface area (Å²) in [5, 5.41) is 2.96. The van der Waals surface area contributed by atoms with Gasteiger partial charge in [-0.25, -0.2) is 0 Å². The average molecular weight is 318 g/mol. The molecule has 0 atom stereocenters. The monoisotopic (exact) mass is 317 g/mol. The van der Waals surface area contributed by atoms with Crippen LogP contribution in [0.15, 0.2) is 40.9 Å². The van der Waals surface area contributed by atoms with Gasteiger partial charge < -0.3 is 5.32 Å². The summed E-state index contributed by atoms with van der Waals surface area (Å²) in [5.41, 5.74) is 4.67. The largest absolute Gasteiger partial charge is 0.322 e. The fraction of sp³-hybridized carbons (Fsp3) is 0.188. The van der Waals surface area contributed by atoms with Crippen molar-refractivity contribution in [3.05, 3.63) is 63.1 Å². The van der Waals surface area contributed by atoms with Crippen LogP contribution in [0.4, 0.5) is 5.69 Å². The molecule has 0 saturated carbocycles. The van der Waals surface area contributed by atoms with Gasteiger partial charge in [0, 0.05) is 15.7 Å². The predicted molar refractivity (Wildman–Crippen MR) is 82.7 cm³/mol. The number of aryl methyl sites for hydroxylation is 3. The van der Waals surface area contributed by atoms with E-state index in [1.165, 1.54) is 0 Å². The van der Waals surface area contributed by atoms with Crippen molar-refractivity contribution >= 4 is 27.5 Å². The standard InChI is InChI=1S/C16H16BrNO/c1-10-4-5-11(2)14(8-10)16(19)18-15-7-6-13(17)9-12(15)3/h4-9H,1-3H3,(H,18,19). The molecule has 2 rings (SSSR count). The lowest BCUT2D eigenvalue weighted by atomic mass is 10.0. The van der Waals surface area contributed by atoms with Crippen LogP contribution in [0.5, 0.6) is 0 Å². The maximum atomic E-state index is 12.3. The Labute approximate surface area is 122 Å². The molecule has 2 nitrogen and oxygen atoms in total. The number of rotatable bonds is 2. The smallest absolute Gasteiger partial charge is 0.255 e. The number of carbonyl (C=O) groups excluding carboxylic acids is 1. The highest BCUT2D eigenvalue weighted by atomic mass is 79.9. The first-order chi connectivity index (χ1) is 8.97. The summed E-state index contributed by atoms with van der Waals surface area (Å²) in [7, 11) is 0. The summed E-state index contributed by atoms with van der Waals surface area (Å²) in [5.74, 6) is -0.0633. The average Bonchev–Trinajstić information content (AvgIpc) is 2.35. The van der Waals surface area contributed by atoms with Crippen molar-refractivity contribution in [2.45, 2.75) is 20.8 Å². The van der Waals surface area contributed by atoms with Crippen LogP contribution in [0.25, 0.3) is 0 Å². The highest BCUT2D eigenvalue weighted by Gasteiger charge is 2.10. The van der Waals surface area contributed by atoms with Crippen LogP contribution < -0.4 is 5.32 Å². The Morgan fingerprint density at radius 2 is 1.74 bits per heavy atom. The normalized spacial score (nSPS) is 10.3. The third-order valence-corrected chi connectivity index (χ3v) is 3.57. The molecule has 0 aliphatic carbocycles. The molecule has 2 aromatic rings. The number of nitrogens with one attached hydrogen (secondary N) is 1. The molecule has 0 aliphatic heterocycles. The lowest BCUT2D eigenvalue weighted by Crippen LogP contribution is -2.14. The van der Waals surface area contributed by atoms with Crippen molar-refractivity contribution in [3.63, 3.8) is 0 Å². The zero-order chi connectivity index (χ0) is 14.0. The molecule has 0 saturated heterocycles. The van der Waals surface area contributed by atoms with Crippen LogP contribution in [0.2, 0.25) is 0 Å². The summed E-state index contributed by atoms with van der Waals surface area (Å²) in [4.78, 5) is 12.3. The van der Waals surface area contributed by atoms with Gasteiger partial charge in [-0.2, -0.15) is 0 Å². The van der Waals surface area contributed by atoms with Gasteiger partial charge in [-0.15, -0.1) is 0 Å². The summed E-state index contributed by atoms with van der Waals surface area (Å²) >= 11 is 3.42. The third-order valence-electron chi connectivity index (χ3n) is 3.07. The molecule has 98 valence electrons. The van der Waals surface area contributed by atoms with Gasteiger partial charge in [-0.1, -0.05) is 33.6 Å². The van der Waals surface area contributed by atoms with E-state index >= 15 is 0 Å². The van der Waals surface area contributed by atoms with Gasteiger partial charge in [-0.05, 0) is 56.2 Å². The minimum atomic E-state index is -0.0633. The summed E-state index contributed by atoms with van der Waals surface area (Å²) in [6.07, 6.45) is 0. The number of halogens is 1. The number of hydrogen-bond donors (Lipinski definition) is 1. The van der Waals surface area contributed by atoms with Crippen LogP contribution in [0, 0.1) is 20.8 Å². The number of hydrogen-bond acceptors (Lipinski definition) is 1. The van der Waals surface area contributed by atoms with E-state index in [1.54, 1.807) is 0 Å². The maximum absolute atomic E-state index is 12.3. The quantitative estimate of drug-likeness (QED) is 0.859. The Hall–Kier alpha value is -1.61. The highest BCUT2D eigenvalue weighted by Crippen LogP contribution is 2.21. The summed E-state index contributed by atoms with van der Waals surface area (Å²) in [6.45, 7) is 5.91. The molecule has 0 radical (unpaired) electrons. The Bertz CT molecular complexity index is 635. The maximum Gasteiger partial charge on any atom is 0.255 e. The molecule has 1 amide bonds. The predicted octanol–water partition coefficient (Wildman–Crippen LogP) is 4.63. The van der Waals surface area contributed by atoms with Crippen molar-refractivity contribution in [2.24, 2.45) is 0 Å². The molecule has 2 aromatic carbocycles. The second-order valence-corrected chi connectivity index (χ2v) is 5.65.